The van der Waals surface area contributed by atoms with Gasteiger partial charge in [-0.2, -0.15) is 26.3 Å². The van der Waals surface area contributed by atoms with Crippen molar-refractivity contribution in [2.45, 2.75) is 62.0 Å². The summed E-state index contributed by atoms with van der Waals surface area (Å²) in [7, 11) is 0. The molecule has 2 aromatic rings. The number of hydrogen-bond acceptors (Lipinski definition) is 3. The highest BCUT2D eigenvalue weighted by molar-refractivity contribution is 6.35. The lowest BCUT2D eigenvalue weighted by atomic mass is 9.80. The van der Waals surface area contributed by atoms with Gasteiger partial charge in [0.05, 0.1) is 16.5 Å². The highest BCUT2D eigenvalue weighted by Gasteiger charge is 2.57. The number of fused-ring (bicyclic) bond motifs is 3. The fourth-order valence-corrected chi connectivity index (χ4v) is 6.95. The smallest absolute Gasteiger partial charge is 0.368 e. The van der Waals surface area contributed by atoms with Crippen LogP contribution in [-0.2, 0) is 33.8 Å². The Bertz CT molecular complexity index is 1350. The first kappa shape index (κ1) is 30.0. The minimum absolute atomic E-state index is 0.0167. The second-order valence-electron chi connectivity index (χ2n) is 11.1. The number of halogens is 8. The molecule has 2 atom stereocenters. The molecule has 3 aliphatic heterocycles. The van der Waals surface area contributed by atoms with Gasteiger partial charge in [0.1, 0.15) is 6.04 Å². The summed E-state index contributed by atoms with van der Waals surface area (Å²) in [6.45, 7) is 1.98. The summed E-state index contributed by atoms with van der Waals surface area (Å²) < 4.78 is 81.9. The summed E-state index contributed by atoms with van der Waals surface area (Å²) in [6.07, 6.45) is -8.60. The molecule has 0 aromatic heterocycles. The minimum atomic E-state index is -5.14. The van der Waals surface area contributed by atoms with Crippen LogP contribution in [-0.4, -0.2) is 53.3 Å². The van der Waals surface area contributed by atoms with Gasteiger partial charge in [-0.1, -0.05) is 35.3 Å². The third kappa shape index (κ3) is 5.77. The molecule has 1 aliphatic carbocycles. The lowest BCUT2D eigenvalue weighted by molar-refractivity contribution is -0.150. The zero-order chi connectivity index (χ0) is 29.9. The van der Waals surface area contributed by atoms with E-state index >= 15 is 0 Å². The number of amides is 2. The Balaban J connectivity index is 1.59. The molecule has 2 amide bonds. The van der Waals surface area contributed by atoms with Crippen LogP contribution in [0.25, 0.3) is 0 Å². The van der Waals surface area contributed by atoms with E-state index in [4.69, 9.17) is 28.9 Å². The molecule has 4 aliphatic rings. The molecule has 41 heavy (non-hydrogen) atoms. The molecular weight excluding hydrogens is 595 g/mol. The van der Waals surface area contributed by atoms with Crippen LogP contribution in [0.3, 0.4) is 0 Å². The third-order valence-electron chi connectivity index (χ3n) is 8.64. The molecular formula is C28H27Cl2F6N3O2. The average molecular weight is 622 g/mol. The van der Waals surface area contributed by atoms with Crippen LogP contribution >= 0.6 is 23.2 Å². The van der Waals surface area contributed by atoms with Gasteiger partial charge in [0, 0.05) is 29.1 Å². The fourth-order valence-electron chi connectivity index (χ4n) is 6.36. The number of nitrogens with zero attached hydrogens (tertiary/aromatic N) is 2. The van der Waals surface area contributed by atoms with Crippen molar-refractivity contribution in [2.75, 3.05) is 19.6 Å². The predicted octanol–water partition coefficient (Wildman–Crippen LogP) is 6.08. The zero-order valence-electron chi connectivity index (χ0n) is 21.7. The lowest BCUT2D eigenvalue weighted by Gasteiger charge is -2.51. The van der Waals surface area contributed by atoms with E-state index in [1.807, 2.05) is 0 Å². The Kier molecular flexibility index (Phi) is 7.78. The van der Waals surface area contributed by atoms with Crippen molar-refractivity contribution in [3.05, 3.63) is 68.7 Å². The molecule has 222 valence electrons. The summed E-state index contributed by atoms with van der Waals surface area (Å²) in [5.74, 6) is -1.54. The first-order valence-corrected chi connectivity index (χ1v) is 13.9. The molecule has 1 unspecified atom stereocenters. The van der Waals surface area contributed by atoms with Gasteiger partial charge >= 0.3 is 12.4 Å². The van der Waals surface area contributed by atoms with Crippen molar-refractivity contribution in [3.8, 4) is 0 Å². The molecule has 2 aromatic carbocycles. The SMILES string of the molecule is NC(=O)[C@H](Cc1ccc(C(F)(F)F)cc1C(F)(F)F)N(C(=O)C1(c2ccc(Cl)cc2Cl)CC1)C1CN2CCC1CC2. The maximum atomic E-state index is 14.5. The van der Waals surface area contributed by atoms with Crippen molar-refractivity contribution >= 4 is 35.0 Å². The predicted molar refractivity (Wildman–Crippen MR) is 140 cm³/mol. The van der Waals surface area contributed by atoms with Crippen LogP contribution < -0.4 is 5.73 Å². The van der Waals surface area contributed by atoms with Gasteiger partial charge in [-0.15, -0.1) is 0 Å². The molecule has 0 radical (unpaired) electrons. The maximum Gasteiger partial charge on any atom is 0.416 e. The number of hydrogen-bond donors (Lipinski definition) is 1. The van der Waals surface area contributed by atoms with E-state index in [0.717, 1.165) is 25.9 Å². The largest absolute Gasteiger partial charge is 0.416 e. The first-order chi connectivity index (χ1) is 19.1. The number of rotatable bonds is 7. The standard InChI is InChI=1S/C28H27Cl2F6N3O2/c29-18-3-4-19(21(30)13-18)26(7-8-26)25(41)39(23-14-38-9-5-15(23)6-10-38)22(24(37)40)11-16-1-2-17(27(31,32)33)12-20(16)28(34,35)36/h1-4,12-13,15,22-23H,5-11,14H2,(H2,37,40)/t22-,23?/m0/s1. The number of alkyl halides is 6. The van der Waals surface area contributed by atoms with Crippen molar-refractivity contribution in [1.82, 2.24) is 9.80 Å². The van der Waals surface area contributed by atoms with Crippen LogP contribution in [0.1, 0.15) is 47.9 Å². The van der Waals surface area contributed by atoms with Crippen LogP contribution in [0.15, 0.2) is 36.4 Å². The quantitative estimate of drug-likeness (QED) is 0.381. The van der Waals surface area contributed by atoms with Gasteiger partial charge in [-0.3, -0.25) is 9.59 Å². The van der Waals surface area contributed by atoms with Crippen LogP contribution in [0, 0.1) is 5.92 Å². The average Bonchev–Trinajstić information content (AvgIpc) is 3.69. The molecule has 3 heterocycles. The van der Waals surface area contributed by atoms with E-state index < -0.39 is 64.8 Å². The summed E-state index contributed by atoms with van der Waals surface area (Å²) >= 11 is 12.5. The highest BCUT2D eigenvalue weighted by atomic mass is 35.5. The van der Waals surface area contributed by atoms with E-state index in [9.17, 15) is 35.9 Å². The third-order valence-corrected chi connectivity index (χ3v) is 9.19. The molecule has 3 saturated heterocycles. The van der Waals surface area contributed by atoms with Crippen molar-refractivity contribution < 1.29 is 35.9 Å². The zero-order valence-corrected chi connectivity index (χ0v) is 23.2. The first-order valence-electron chi connectivity index (χ1n) is 13.2. The second-order valence-corrected chi connectivity index (χ2v) is 12.0. The van der Waals surface area contributed by atoms with Gasteiger partial charge in [-0.25, -0.2) is 0 Å². The van der Waals surface area contributed by atoms with Crippen LogP contribution in [0.2, 0.25) is 10.0 Å². The number of carbonyl (C=O) groups is 2. The number of primary amides is 1. The highest BCUT2D eigenvalue weighted by Crippen LogP contribution is 2.53. The van der Waals surface area contributed by atoms with Gasteiger partial charge in [0.25, 0.3) is 0 Å². The number of piperidine rings is 3. The van der Waals surface area contributed by atoms with E-state index in [1.165, 1.54) is 11.0 Å². The molecule has 2 N–H and O–H groups in total. The van der Waals surface area contributed by atoms with E-state index in [0.29, 0.717) is 42.1 Å². The monoisotopic (exact) mass is 621 g/mol. The number of nitrogens with two attached hydrogens (primary N) is 1. The number of benzene rings is 2. The summed E-state index contributed by atoms with van der Waals surface area (Å²) in [5.41, 5.74) is 1.62. The van der Waals surface area contributed by atoms with Crippen molar-refractivity contribution in [2.24, 2.45) is 11.7 Å². The van der Waals surface area contributed by atoms with Gasteiger partial charge in [-0.05, 0) is 80.1 Å². The second kappa shape index (κ2) is 10.6. The summed E-state index contributed by atoms with van der Waals surface area (Å²) in [4.78, 5) is 30.9. The molecule has 13 heteroatoms. The molecule has 4 fully saturated rings. The van der Waals surface area contributed by atoms with Crippen molar-refractivity contribution in [3.63, 3.8) is 0 Å². The normalized spacial score (nSPS) is 24.1. The van der Waals surface area contributed by atoms with E-state index in [2.05, 4.69) is 4.90 Å². The molecule has 1 saturated carbocycles. The molecule has 5 nitrogen and oxygen atoms in total. The Morgan fingerprint density at radius 1 is 1.00 bits per heavy atom. The lowest BCUT2D eigenvalue weighted by Crippen LogP contribution is -2.65. The van der Waals surface area contributed by atoms with Crippen LogP contribution in [0.5, 0.6) is 0 Å². The number of carbonyl (C=O) groups excluding carboxylic acids is 2. The van der Waals surface area contributed by atoms with Crippen molar-refractivity contribution in [1.29, 1.82) is 0 Å². The Hall–Kier alpha value is -2.50. The van der Waals surface area contributed by atoms with E-state index in [-0.39, 0.29) is 17.0 Å². The van der Waals surface area contributed by atoms with Crippen LogP contribution in [0.4, 0.5) is 26.3 Å². The van der Waals surface area contributed by atoms with Gasteiger partial charge < -0.3 is 15.5 Å². The Morgan fingerprint density at radius 2 is 1.66 bits per heavy atom. The van der Waals surface area contributed by atoms with E-state index in [1.54, 1.807) is 12.1 Å². The molecule has 2 bridgehead atoms. The Morgan fingerprint density at radius 3 is 2.15 bits per heavy atom. The van der Waals surface area contributed by atoms with Gasteiger partial charge in [0.15, 0.2) is 0 Å². The summed E-state index contributed by atoms with van der Waals surface area (Å²) in [6, 6.07) is 3.93. The molecule has 6 rings (SSSR count). The Labute approximate surface area is 242 Å². The minimum Gasteiger partial charge on any atom is -0.368 e. The molecule has 0 spiro atoms. The fraction of sp³-hybridized carbons (Fsp3) is 0.500. The summed E-state index contributed by atoms with van der Waals surface area (Å²) in [5, 5.41) is 0.600. The topological polar surface area (TPSA) is 66.6 Å². The van der Waals surface area contributed by atoms with Gasteiger partial charge in [0.2, 0.25) is 11.8 Å². The maximum absolute atomic E-state index is 14.5.